The van der Waals surface area contributed by atoms with E-state index in [2.05, 4.69) is 10.4 Å². The van der Waals surface area contributed by atoms with Crippen LogP contribution in [0.5, 0.6) is 0 Å². The van der Waals surface area contributed by atoms with E-state index in [-0.39, 0.29) is 17.3 Å². The van der Waals surface area contributed by atoms with Crippen LogP contribution in [0.25, 0.3) is 0 Å². The van der Waals surface area contributed by atoms with Crippen LogP contribution in [0.1, 0.15) is 43.1 Å². The van der Waals surface area contributed by atoms with Crippen LogP contribution in [-0.2, 0) is 11.0 Å². The maximum atomic E-state index is 13.0. The number of amides is 1. The van der Waals surface area contributed by atoms with Crippen molar-refractivity contribution in [2.75, 3.05) is 5.32 Å². The predicted molar refractivity (Wildman–Crippen MR) is 85.6 cm³/mol. The summed E-state index contributed by atoms with van der Waals surface area (Å²) in [5.41, 5.74) is -1.02. The van der Waals surface area contributed by atoms with E-state index in [4.69, 9.17) is 0 Å². The van der Waals surface area contributed by atoms with Crippen molar-refractivity contribution < 1.29 is 22.9 Å². The zero-order chi connectivity index (χ0) is 19.1. The highest BCUT2D eigenvalue weighted by Gasteiger charge is 2.39. The number of nitrogens with zero attached hydrogens (tertiary/aromatic N) is 3. The second kappa shape index (κ2) is 6.43. The second-order valence-corrected chi connectivity index (χ2v) is 6.11. The van der Waals surface area contributed by atoms with Crippen molar-refractivity contribution in [3.8, 4) is 0 Å². The number of anilines is 1. The molecule has 1 aromatic carbocycles. The molecule has 1 fully saturated rings. The molecule has 1 saturated carbocycles. The van der Waals surface area contributed by atoms with Crippen LogP contribution in [0.3, 0.4) is 0 Å². The summed E-state index contributed by atoms with van der Waals surface area (Å²) in [6, 6.07) is 5.46. The summed E-state index contributed by atoms with van der Waals surface area (Å²) < 4.78 is 40.0. The first-order valence-corrected chi connectivity index (χ1v) is 7.89. The lowest BCUT2D eigenvalue weighted by atomic mass is 10.2. The van der Waals surface area contributed by atoms with Crippen LogP contribution >= 0.6 is 0 Å². The Kier molecular flexibility index (Phi) is 4.43. The molecule has 3 rings (SSSR count). The fourth-order valence-corrected chi connectivity index (χ4v) is 2.63. The summed E-state index contributed by atoms with van der Waals surface area (Å²) in [6.07, 6.45) is -3.13. The van der Waals surface area contributed by atoms with Crippen LogP contribution in [0.4, 0.5) is 24.5 Å². The number of hydrogen-bond acceptors (Lipinski definition) is 4. The first-order valence-electron chi connectivity index (χ1n) is 7.89. The minimum Gasteiger partial charge on any atom is -0.319 e. The van der Waals surface area contributed by atoms with Crippen molar-refractivity contribution in [3.05, 3.63) is 51.8 Å². The van der Waals surface area contributed by atoms with Crippen molar-refractivity contribution in [1.29, 1.82) is 0 Å². The van der Waals surface area contributed by atoms with E-state index >= 15 is 0 Å². The summed E-state index contributed by atoms with van der Waals surface area (Å²) in [5, 5.41) is 17.0. The van der Waals surface area contributed by atoms with Gasteiger partial charge in [0.2, 0.25) is 5.91 Å². The molecule has 0 radical (unpaired) electrons. The topological polar surface area (TPSA) is 90.1 Å². The molecule has 26 heavy (non-hydrogen) atoms. The lowest BCUT2D eigenvalue weighted by Crippen LogP contribution is -2.26. The van der Waals surface area contributed by atoms with Crippen molar-refractivity contribution in [2.45, 2.75) is 37.9 Å². The zero-order valence-corrected chi connectivity index (χ0v) is 13.7. The molecule has 1 amide bonds. The number of carbonyl (C=O) groups excluding carboxylic acids is 1. The Morgan fingerprint density at radius 3 is 2.62 bits per heavy atom. The van der Waals surface area contributed by atoms with Gasteiger partial charge < -0.3 is 5.32 Å². The van der Waals surface area contributed by atoms with E-state index in [1.165, 1.54) is 31.2 Å². The maximum Gasteiger partial charge on any atom is 0.435 e. The van der Waals surface area contributed by atoms with Crippen LogP contribution in [0, 0.1) is 10.1 Å². The number of rotatable bonds is 5. The third-order valence-corrected chi connectivity index (χ3v) is 4.16. The number of nitro benzene ring substituents is 1. The van der Waals surface area contributed by atoms with Crippen LogP contribution in [0.15, 0.2) is 30.3 Å². The summed E-state index contributed by atoms with van der Waals surface area (Å²) >= 11 is 0. The fourth-order valence-electron chi connectivity index (χ4n) is 2.63. The van der Waals surface area contributed by atoms with Gasteiger partial charge in [-0.25, -0.2) is 0 Å². The van der Waals surface area contributed by atoms with E-state index in [9.17, 15) is 28.1 Å². The van der Waals surface area contributed by atoms with Gasteiger partial charge in [0.05, 0.1) is 4.92 Å². The molecule has 0 saturated heterocycles. The third kappa shape index (κ3) is 3.53. The first-order chi connectivity index (χ1) is 12.2. The average molecular weight is 368 g/mol. The molecule has 1 N–H and O–H groups in total. The monoisotopic (exact) mass is 368 g/mol. The minimum absolute atomic E-state index is 0.0227. The van der Waals surface area contributed by atoms with Gasteiger partial charge in [-0.2, -0.15) is 18.3 Å². The van der Waals surface area contributed by atoms with E-state index in [0.29, 0.717) is 5.69 Å². The number of carbonyl (C=O) groups is 1. The molecule has 2 aromatic rings. The predicted octanol–water partition coefficient (Wildman–Crippen LogP) is 3.89. The number of halogens is 3. The molecule has 1 aliphatic carbocycles. The van der Waals surface area contributed by atoms with Gasteiger partial charge in [-0.3, -0.25) is 19.6 Å². The van der Waals surface area contributed by atoms with E-state index in [1.807, 2.05) is 0 Å². The van der Waals surface area contributed by atoms with E-state index in [0.717, 1.165) is 23.6 Å². The van der Waals surface area contributed by atoms with Crippen molar-refractivity contribution in [1.82, 2.24) is 9.78 Å². The standard InChI is InChI=1S/C16H15F3N4O3/c1-9(15(24)20-11-4-2-3-5-12(11)23(25)26)22-13(10-6-7-10)8-14(21-22)16(17,18)19/h2-5,8-10H,6-7H2,1H3,(H,20,24). The Bertz CT molecular complexity index is 859. The molecule has 10 heteroatoms. The van der Waals surface area contributed by atoms with Gasteiger partial charge >= 0.3 is 6.18 Å². The highest BCUT2D eigenvalue weighted by Crippen LogP contribution is 2.43. The zero-order valence-electron chi connectivity index (χ0n) is 13.7. The number of hydrogen-bond donors (Lipinski definition) is 1. The van der Waals surface area contributed by atoms with Crippen molar-refractivity contribution in [2.24, 2.45) is 0 Å². The Labute approximate surface area is 146 Å². The van der Waals surface area contributed by atoms with Gasteiger partial charge in [-0.15, -0.1) is 0 Å². The molecule has 1 atom stereocenters. The van der Waals surface area contributed by atoms with Gasteiger partial charge in [0.15, 0.2) is 5.69 Å². The Hall–Kier alpha value is -2.91. The molecule has 0 bridgehead atoms. The average Bonchev–Trinajstić information content (AvgIpc) is 3.31. The van der Waals surface area contributed by atoms with Gasteiger partial charge in [-0.1, -0.05) is 12.1 Å². The quantitative estimate of drug-likeness (QED) is 0.640. The van der Waals surface area contributed by atoms with Crippen molar-refractivity contribution in [3.63, 3.8) is 0 Å². The third-order valence-electron chi connectivity index (χ3n) is 4.16. The number of nitro groups is 1. The first kappa shape index (κ1) is 17.9. The van der Waals surface area contributed by atoms with Crippen LogP contribution in [-0.4, -0.2) is 20.6 Å². The molecule has 138 valence electrons. The normalized spacial score (nSPS) is 15.5. The summed E-state index contributed by atoms with van der Waals surface area (Å²) in [6.45, 7) is 1.41. The number of nitrogens with one attached hydrogen (secondary N) is 1. The molecule has 1 aliphatic rings. The van der Waals surface area contributed by atoms with E-state index in [1.54, 1.807) is 0 Å². The highest BCUT2D eigenvalue weighted by molar-refractivity contribution is 5.95. The summed E-state index contributed by atoms with van der Waals surface area (Å²) in [4.78, 5) is 22.8. The Morgan fingerprint density at radius 1 is 1.38 bits per heavy atom. The minimum atomic E-state index is -4.61. The number of alkyl halides is 3. The number of benzene rings is 1. The molecule has 7 nitrogen and oxygen atoms in total. The van der Waals surface area contributed by atoms with Crippen LogP contribution < -0.4 is 5.32 Å². The molecule has 0 spiro atoms. The van der Waals surface area contributed by atoms with E-state index < -0.39 is 28.7 Å². The lowest BCUT2D eigenvalue weighted by Gasteiger charge is -2.15. The Balaban J connectivity index is 1.87. The van der Waals surface area contributed by atoms with Gasteiger partial charge in [-0.05, 0) is 31.9 Å². The number of aromatic nitrogens is 2. The van der Waals surface area contributed by atoms with Crippen molar-refractivity contribution >= 4 is 17.3 Å². The van der Waals surface area contributed by atoms with Gasteiger partial charge in [0.25, 0.3) is 5.69 Å². The molecule has 0 aliphatic heterocycles. The fraction of sp³-hybridized carbons (Fsp3) is 0.375. The molecule has 1 unspecified atom stereocenters. The second-order valence-electron chi connectivity index (χ2n) is 6.11. The largest absolute Gasteiger partial charge is 0.435 e. The molecule has 1 aromatic heterocycles. The highest BCUT2D eigenvalue weighted by atomic mass is 19.4. The van der Waals surface area contributed by atoms with Crippen LogP contribution in [0.2, 0.25) is 0 Å². The SMILES string of the molecule is CC(C(=O)Nc1ccccc1[N+](=O)[O-])n1nc(C(F)(F)F)cc1C1CC1. The molecular weight excluding hydrogens is 353 g/mol. The Morgan fingerprint density at radius 2 is 2.04 bits per heavy atom. The molecule has 1 heterocycles. The summed E-state index contributed by atoms with van der Waals surface area (Å²) in [5.74, 6) is -0.738. The summed E-state index contributed by atoms with van der Waals surface area (Å²) in [7, 11) is 0. The lowest BCUT2D eigenvalue weighted by molar-refractivity contribution is -0.383. The molecular formula is C16H15F3N4O3. The smallest absolute Gasteiger partial charge is 0.319 e. The van der Waals surface area contributed by atoms with Gasteiger partial charge in [0.1, 0.15) is 11.7 Å². The number of para-hydroxylation sites is 2. The van der Waals surface area contributed by atoms with Gasteiger partial charge in [0, 0.05) is 17.7 Å². The maximum absolute atomic E-state index is 13.0.